The van der Waals surface area contributed by atoms with Crippen LogP contribution in [0.3, 0.4) is 0 Å². The van der Waals surface area contributed by atoms with Crippen molar-refractivity contribution in [2.75, 3.05) is 5.32 Å². The van der Waals surface area contributed by atoms with Gasteiger partial charge < -0.3 is 5.32 Å². The van der Waals surface area contributed by atoms with Gasteiger partial charge in [-0.1, -0.05) is 6.07 Å². The summed E-state index contributed by atoms with van der Waals surface area (Å²) in [5.41, 5.74) is 1.49. The molecule has 0 radical (unpaired) electrons. The summed E-state index contributed by atoms with van der Waals surface area (Å²) in [6.45, 7) is 5.49. The number of nitrogens with zero attached hydrogens (tertiary/aromatic N) is 3. The Morgan fingerprint density at radius 3 is 2.57 bits per heavy atom. The number of hydrogen-bond donors (Lipinski definition) is 2. The highest BCUT2D eigenvalue weighted by atomic mass is 16.6. The molecule has 1 atom stereocenters. The van der Waals surface area contributed by atoms with E-state index in [0.29, 0.717) is 16.9 Å². The maximum absolute atomic E-state index is 12.0. The summed E-state index contributed by atoms with van der Waals surface area (Å²) in [6, 6.07) is 6.59. The van der Waals surface area contributed by atoms with E-state index >= 15 is 0 Å². The molecule has 3 aromatic rings. The lowest BCUT2D eigenvalue weighted by Gasteiger charge is -2.16. The van der Waals surface area contributed by atoms with Crippen molar-refractivity contribution in [2.45, 2.75) is 32.9 Å². The lowest BCUT2D eigenvalue weighted by molar-refractivity contribution is 0.315. The molecule has 0 spiro atoms. The minimum atomic E-state index is -0.432. The Hall–Kier alpha value is -2.90. The maximum Gasteiger partial charge on any atom is 0.330 e. The summed E-state index contributed by atoms with van der Waals surface area (Å²) in [7, 11) is 0. The highest BCUT2D eigenvalue weighted by molar-refractivity contribution is 5.73. The Labute approximate surface area is 131 Å². The highest BCUT2D eigenvalue weighted by Gasteiger charge is 2.12. The Balaban J connectivity index is 1.89. The summed E-state index contributed by atoms with van der Waals surface area (Å²) < 4.78 is 5.84. The summed E-state index contributed by atoms with van der Waals surface area (Å²) in [6.07, 6.45) is 0. The van der Waals surface area contributed by atoms with Crippen LogP contribution < -0.4 is 16.6 Å². The van der Waals surface area contributed by atoms with Gasteiger partial charge in [-0.25, -0.2) is 9.42 Å². The Morgan fingerprint density at radius 2 is 1.87 bits per heavy atom. The smallest absolute Gasteiger partial charge is 0.330 e. The number of rotatable bonds is 4. The number of aromatic amines is 1. The van der Waals surface area contributed by atoms with Gasteiger partial charge in [0.05, 0.1) is 0 Å². The molecular weight excluding hydrogens is 298 g/mol. The molecular formula is C15H17N5O3. The monoisotopic (exact) mass is 315 g/mol. The van der Waals surface area contributed by atoms with Gasteiger partial charge in [-0.05, 0) is 48.8 Å². The van der Waals surface area contributed by atoms with E-state index in [4.69, 9.17) is 0 Å². The predicted molar refractivity (Wildman–Crippen MR) is 85.5 cm³/mol. The first-order valence-corrected chi connectivity index (χ1v) is 7.30. The van der Waals surface area contributed by atoms with Crippen molar-refractivity contribution in [2.24, 2.45) is 0 Å². The van der Waals surface area contributed by atoms with Gasteiger partial charge >= 0.3 is 5.69 Å². The number of hydrogen-bond acceptors (Lipinski definition) is 6. The van der Waals surface area contributed by atoms with Gasteiger partial charge in [0.2, 0.25) is 0 Å². The van der Waals surface area contributed by atoms with Gasteiger partial charge in [0, 0.05) is 18.2 Å². The summed E-state index contributed by atoms with van der Waals surface area (Å²) in [5.74, 6) is 0.378. The molecule has 0 aliphatic carbocycles. The van der Waals surface area contributed by atoms with Crippen LogP contribution in [-0.4, -0.2) is 19.9 Å². The van der Waals surface area contributed by atoms with Crippen LogP contribution in [0, 0.1) is 0 Å². The van der Waals surface area contributed by atoms with Crippen molar-refractivity contribution in [3.05, 3.63) is 50.7 Å². The van der Waals surface area contributed by atoms with Crippen molar-refractivity contribution in [3.63, 3.8) is 0 Å². The lowest BCUT2D eigenvalue weighted by atomic mass is 10.1. The summed E-state index contributed by atoms with van der Waals surface area (Å²) >= 11 is 0. The zero-order chi connectivity index (χ0) is 16.6. The van der Waals surface area contributed by atoms with Crippen LogP contribution in [0.2, 0.25) is 0 Å². The third kappa shape index (κ3) is 2.87. The van der Waals surface area contributed by atoms with Crippen molar-refractivity contribution in [3.8, 4) is 0 Å². The van der Waals surface area contributed by atoms with Crippen LogP contribution in [0.5, 0.6) is 0 Å². The number of fused-ring (bicyclic) bond motifs is 1. The van der Waals surface area contributed by atoms with Gasteiger partial charge in [0.15, 0.2) is 0 Å². The molecule has 2 aromatic heterocycles. The quantitative estimate of drug-likeness (QED) is 0.761. The second kappa shape index (κ2) is 5.71. The van der Waals surface area contributed by atoms with Gasteiger partial charge in [-0.3, -0.25) is 14.3 Å². The van der Waals surface area contributed by atoms with Gasteiger partial charge in [0.25, 0.3) is 5.56 Å². The fourth-order valence-corrected chi connectivity index (χ4v) is 2.46. The van der Waals surface area contributed by atoms with E-state index in [1.54, 1.807) is 19.9 Å². The maximum atomic E-state index is 12.0. The molecule has 0 fully saturated rings. The SMILES string of the molecule is CC(C)n1c(=O)cc(N[C@@H](C)c2ccc3nonc3c2)[nH]c1=O. The Bertz CT molecular complexity index is 922. The average Bonchev–Trinajstić information content (AvgIpc) is 2.93. The van der Waals surface area contributed by atoms with Crippen molar-refractivity contribution >= 4 is 16.9 Å². The van der Waals surface area contributed by atoms with E-state index in [-0.39, 0.29) is 17.6 Å². The molecule has 0 saturated heterocycles. The van der Waals surface area contributed by atoms with Crippen molar-refractivity contribution in [1.82, 2.24) is 19.9 Å². The predicted octanol–water partition coefficient (Wildman–Crippen LogP) is 1.83. The van der Waals surface area contributed by atoms with Crippen LogP contribution >= 0.6 is 0 Å². The molecule has 23 heavy (non-hydrogen) atoms. The fraction of sp³-hybridized carbons (Fsp3) is 0.333. The van der Waals surface area contributed by atoms with E-state index in [2.05, 4.69) is 25.2 Å². The Morgan fingerprint density at radius 1 is 1.13 bits per heavy atom. The third-order valence-electron chi connectivity index (χ3n) is 3.63. The van der Waals surface area contributed by atoms with Crippen LogP contribution in [0.15, 0.2) is 38.5 Å². The van der Waals surface area contributed by atoms with E-state index in [9.17, 15) is 9.59 Å². The number of nitrogens with one attached hydrogen (secondary N) is 2. The molecule has 0 unspecified atom stereocenters. The first-order chi connectivity index (χ1) is 11.0. The van der Waals surface area contributed by atoms with Gasteiger partial charge in [0.1, 0.15) is 16.9 Å². The zero-order valence-electron chi connectivity index (χ0n) is 13.0. The lowest BCUT2D eigenvalue weighted by Crippen LogP contribution is -2.36. The first kappa shape index (κ1) is 15.0. The van der Waals surface area contributed by atoms with Crippen molar-refractivity contribution < 1.29 is 4.63 Å². The standard InChI is InChI=1S/C15H17N5O3/c1-8(2)20-14(21)7-13(17-15(20)22)16-9(3)10-4-5-11-12(6-10)19-23-18-11/h4-9,16H,1-3H3,(H,17,22)/t9-/m0/s1. The Kier molecular flexibility index (Phi) is 3.73. The largest absolute Gasteiger partial charge is 0.365 e. The molecule has 0 aliphatic rings. The van der Waals surface area contributed by atoms with E-state index in [1.165, 1.54) is 10.6 Å². The van der Waals surface area contributed by atoms with E-state index in [0.717, 1.165) is 5.56 Å². The van der Waals surface area contributed by atoms with Crippen LogP contribution in [0.25, 0.3) is 11.0 Å². The number of anilines is 1. The summed E-state index contributed by atoms with van der Waals surface area (Å²) in [5, 5.41) is 10.7. The fourth-order valence-electron chi connectivity index (χ4n) is 2.46. The number of aromatic nitrogens is 4. The second-order valence-electron chi connectivity index (χ2n) is 5.67. The van der Waals surface area contributed by atoms with Crippen LogP contribution in [0.4, 0.5) is 5.82 Å². The first-order valence-electron chi connectivity index (χ1n) is 7.30. The molecule has 2 N–H and O–H groups in total. The van der Waals surface area contributed by atoms with Crippen LogP contribution in [-0.2, 0) is 0 Å². The highest BCUT2D eigenvalue weighted by Crippen LogP contribution is 2.20. The third-order valence-corrected chi connectivity index (χ3v) is 3.63. The molecule has 2 heterocycles. The molecule has 3 rings (SSSR count). The molecule has 1 aromatic carbocycles. The molecule has 8 nitrogen and oxygen atoms in total. The molecule has 0 amide bonds. The summed E-state index contributed by atoms with van der Waals surface area (Å²) in [4.78, 5) is 26.7. The molecule has 120 valence electrons. The molecule has 0 bridgehead atoms. The minimum Gasteiger partial charge on any atom is -0.365 e. The molecule has 0 aliphatic heterocycles. The van der Waals surface area contributed by atoms with E-state index < -0.39 is 5.69 Å². The molecule has 8 heteroatoms. The minimum absolute atomic E-state index is 0.138. The zero-order valence-corrected chi connectivity index (χ0v) is 13.0. The number of H-pyrrole nitrogens is 1. The van der Waals surface area contributed by atoms with Crippen LogP contribution in [0.1, 0.15) is 38.4 Å². The second-order valence-corrected chi connectivity index (χ2v) is 5.67. The average molecular weight is 315 g/mol. The van der Waals surface area contributed by atoms with Gasteiger partial charge in [-0.15, -0.1) is 0 Å². The van der Waals surface area contributed by atoms with Crippen molar-refractivity contribution in [1.29, 1.82) is 0 Å². The molecule has 0 saturated carbocycles. The van der Waals surface area contributed by atoms with E-state index in [1.807, 2.05) is 19.1 Å². The topological polar surface area (TPSA) is 106 Å². The normalized spacial score (nSPS) is 12.7. The number of benzene rings is 1. The van der Waals surface area contributed by atoms with Gasteiger partial charge in [-0.2, -0.15) is 0 Å².